The van der Waals surface area contributed by atoms with Gasteiger partial charge in [-0.05, 0) is 26.2 Å². The second-order valence-electron chi connectivity index (χ2n) is 6.49. The lowest BCUT2D eigenvalue weighted by Gasteiger charge is -2.46. The lowest BCUT2D eigenvalue weighted by atomic mass is 9.84. The van der Waals surface area contributed by atoms with Crippen LogP contribution in [0.5, 0.6) is 0 Å². The molecule has 2 heteroatoms. The average molecular weight is 198 g/mol. The predicted molar refractivity (Wildman–Crippen MR) is 62.6 cm³/mol. The molecule has 0 saturated carbocycles. The molecule has 0 spiro atoms. The summed E-state index contributed by atoms with van der Waals surface area (Å²) in [5, 5.41) is 3.62. The van der Waals surface area contributed by atoms with E-state index in [9.17, 15) is 0 Å². The minimum atomic E-state index is 0.311. The van der Waals surface area contributed by atoms with Crippen molar-refractivity contribution in [3.63, 3.8) is 0 Å². The quantitative estimate of drug-likeness (QED) is 0.641. The van der Waals surface area contributed by atoms with Crippen LogP contribution >= 0.6 is 0 Å². The first-order valence-corrected chi connectivity index (χ1v) is 5.70. The Bertz CT molecular complexity index is 165. The molecule has 0 aromatic rings. The van der Waals surface area contributed by atoms with Crippen molar-refractivity contribution in [2.24, 2.45) is 5.41 Å². The molecule has 1 aliphatic heterocycles. The summed E-state index contributed by atoms with van der Waals surface area (Å²) >= 11 is 0. The lowest BCUT2D eigenvalue weighted by molar-refractivity contribution is 0.0637. The fourth-order valence-corrected chi connectivity index (χ4v) is 1.94. The summed E-state index contributed by atoms with van der Waals surface area (Å²) in [6.07, 6.45) is 0. The molecule has 0 aromatic heterocycles. The topological polar surface area (TPSA) is 15.3 Å². The standard InChI is InChI=1S/C12H26N2/c1-11(2,3)10-9-14(8-7-13-10)12(4,5)6/h10,13H,7-9H2,1-6H3. The van der Waals surface area contributed by atoms with Gasteiger partial charge >= 0.3 is 0 Å². The molecule has 1 N–H and O–H groups in total. The van der Waals surface area contributed by atoms with Gasteiger partial charge in [0.1, 0.15) is 0 Å². The fourth-order valence-electron chi connectivity index (χ4n) is 1.94. The summed E-state index contributed by atoms with van der Waals surface area (Å²) in [5.74, 6) is 0. The molecule has 1 aliphatic rings. The summed E-state index contributed by atoms with van der Waals surface area (Å²) in [7, 11) is 0. The molecule has 0 amide bonds. The first-order chi connectivity index (χ1) is 6.21. The number of nitrogens with one attached hydrogen (secondary N) is 1. The van der Waals surface area contributed by atoms with Crippen LogP contribution in [0.3, 0.4) is 0 Å². The Kier molecular flexibility index (Phi) is 3.27. The van der Waals surface area contributed by atoms with Crippen molar-refractivity contribution in [2.45, 2.75) is 53.1 Å². The normalized spacial score (nSPS) is 26.6. The SMILES string of the molecule is CC(C)(C)C1CN(C(C)(C)C)CCN1. The molecule has 14 heavy (non-hydrogen) atoms. The number of hydrogen-bond donors (Lipinski definition) is 1. The molecular formula is C12H26N2. The van der Waals surface area contributed by atoms with Gasteiger partial charge in [0.25, 0.3) is 0 Å². The van der Waals surface area contributed by atoms with E-state index in [1.54, 1.807) is 0 Å². The number of piperazine rings is 1. The molecule has 1 rings (SSSR count). The summed E-state index contributed by atoms with van der Waals surface area (Å²) < 4.78 is 0. The highest BCUT2D eigenvalue weighted by atomic mass is 15.2. The van der Waals surface area contributed by atoms with Crippen LogP contribution in [0.4, 0.5) is 0 Å². The van der Waals surface area contributed by atoms with E-state index in [1.807, 2.05) is 0 Å². The van der Waals surface area contributed by atoms with Gasteiger partial charge in [-0.1, -0.05) is 20.8 Å². The smallest absolute Gasteiger partial charge is 0.0244 e. The van der Waals surface area contributed by atoms with Gasteiger partial charge in [0.15, 0.2) is 0 Å². The van der Waals surface area contributed by atoms with Crippen molar-refractivity contribution in [3.8, 4) is 0 Å². The Labute approximate surface area is 89.1 Å². The third-order valence-corrected chi connectivity index (χ3v) is 3.17. The Morgan fingerprint density at radius 2 is 1.64 bits per heavy atom. The fraction of sp³-hybridized carbons (Fsp3) is 1.00. The first-order valence-electron chi connectivity index (χ1n) is 5.70. The van der Waals surface area contributed by atoms with Crippen molar-refractivity contribution < 1.29 is 0 Å². The van der Waals surface area contributed by atoms with E-state index in [-0.39, 0.29) is 0 Å². The monoisotopic (exact) mass is 198 g/mol. The summed E-state index contributed by atoms with van der Waals surface area (Å²) in [6.45, 7) is 17.3. The van der Waals surface area contributed by atoms with E-state index in [0.717, 1.165) is 6.54 Å². The van der Waals surface area contributed by atoms with Gasteiger partial charge in [-0.25, -0.2) is 0 Å². The van der Waals surface area contributed by atoms with Crippen LogP contribution in [0.25, 0.3) is 0 Å². The van der Waals surface area contributed by atoms with Gasteiger partial charge in [0.2, 0.25) is 0 Å². The number of rotatable bonds is 0. The highest BCUT2D eigenvalue weighted by Gasteiger charge is 2.33. The highest BCUT2D eigenvalue weighted by molar-refractivity contribution is 4.91. The van der Waals surface area contributed by atoms with Crippen LogP contribution < -0.4 is 5.32 Å². The molecular weight excluding hydrogens is 172 g/mol. The molecule has 0 radical (unpaired) electrons. The second kappa shape index (κ2) is 3.82. The summed E-state index contributed by atoms with van der Waals surface area (Å²) in [6, 6.07) is 0.621. The average Bonchev–Trinajstić information content (AvgIpc) is 2.01. The van der Waals surface area contributed by atoms with Gasteiger partial charge < -0.3 is 5.32 Å². The lowest BCUT2D eigenvalue weighted by Crippen LogP contribution is -2.60. The zero-order valence-electron chi connectivity index (χ0n) is 10.6. The van der Waals surface area contributed by atoms with Crippen LogP contribution in [0.15, 0.2) is 0 Å². The first kappa shape index (κ1) is 12.0. The Balaban J connectivity index is 2.61. The molecule has 0 bridgehead atoms. The molecule has 1 unspecified atom stereocenters. The van der Waals surface area contributed by atoms with Gasteiger partial charge in [-0.3, -0.25) is 4.90 Å². The third kappa shape index (κ3) is 2.96. The third-order valence-electron chi connectivity index (χ3n) is 3.17. The zero-order chi connectivity index (χ0) is 11.0. The van der Waals surface area contributed by atoms with E-state index >= 15 is 0 Å². The maximum Gasteiger partial charge on any atom is 0.0244 e. The Morgan fingerprint density at radius 3 is 2.07 bits per heavy atom. The van der Waals surface area contributed by atoms with E-state index in [0.29, 0.717) is 17.0 Å². The Hall–Kier alpha value is -0.0800. The highest BCUT2D eigenvalue weighted by Crippen LogP contribution is 2.24. The molecule has 0 aliphatic carbocycles. The van der Waals surface area contributed by atoms with Crippen molar-refractivity contribution in [3.05, 3.63) is 0 Å². The predicted octanol–water partition coefficient (Wildman–Crippen LogP) is 2.10. The van der Waals surface area contributed by atoms with Crippen molar-refractivity contribution >= 4 is 0 Å². The largest absolute Gasteiger partial charge is 0.311 e. The van der Waals surface area contributed by atoms with Crippen LogP contribution in [-0.2, 0) is 0 Å². The van der Waals surface area contributed by atoms with E-state index in [2.05, 4.69) is 51.8 Å². The van der Waals surface area contributed by atoms with Crippen molar-refractivity contribution in [1.82, 2.24) is 10.2 Å². The van der Waals surface area contributed by atoms with Crippen molar-refractivity contribution in [1.29, 1.82) is 0 Å². The van der Waals surface area contributed by atoms with Crippen LogP contribution in [0, 0.1) is 5.41 Å². The Morgan fingerprint density at radius 1 is 1.07 bits per heavy atom. The van der Waals surface area contributed by atoms with Crippen molar-refractivity contribution in [2.75, 3.05) is 19.6 Å². The van der Waals surface area contributed by atoms with Gasteiger partial charge in [0.05, 0.1) is 0 Å². The zero-order valence-corrected chi connectivity index (χ0v) is 10.6. The number of hydrogen-bond acceptors (Lipinski definition) is 2. The molecule has 1 fully saturated rings. The summed E-state index contributed by atoms with van der Waals surface area (Å²) in [5.41, 5.74) is 0.676. The van der Waals surface area contributed by atoms with Crippen LogP contribution in [0.2, 0.25) is 0 Å². The minimum Gasteiger partial charge on any atom is -0.311 e. The van der Waals surface area contributed by atoms with Gasteiger partial charge in [0, 0.05) is 31.2 Å². The van der Waals surface area contributed by atoms with Crippen LogP contribution in [0.1, 0.15) is 41.5 Å². The van der Waals surface area contributed by atoms with E-state index in [1.165, 1.54) is 13.1 Å². The summed E-state index contributed by atoms with van der Waals surface area (Å²) in [4.78, 5) is 2.58. The molecule has 2 nitrogen and oxygen atoms in total. The molecule has 1 atom stereocenters. The van der Waals surface area contributed by atoms with Crippen LogP contribution in [-0.4, -0.2) is 36.1 Å². The maximum atomic E-state index is 3.62. The van der Waals surface area contributed by atoms with Gasteiger partial charge in [-0.2, -0.15) is 0 Å². The molecule has 0 aromatic carbocycles. The molecule has 1 saturated heterocycles. The molecule has 1 heterocycles. The second-order valence-corrected chi connectivity index (χ2v) is 6.49. The number of nitrogens with zero attached hydrogens (tertiary/aromatic N) is 1. The molecule has 84 valence electrons. The van der Waals surface area contributed by atoms with E-state index < -0.39 is 0 Å². The maximum absolute atomic E-state index is 3.62. The van der Waals surface area contributed by atoms with Gasteiger partial charge in [-0.15, -0.1) is 0 Å². The minimum absolute atomic E-state index is 0.311. The van der Waals surface area contributed by atoms with E-state index in [4.69, 9.17) is 0 Å².